The molecular weight excluding hydrogens is 312 g/mol. The molecule has 1 heterocycles. The number of amides is 2. The third kappa shape index (κ3) is 3.78. The van der Waals surface area contributed by atoms with E-state index in [1.165, 1.54) is 17.8 Å². The minimum atomic E-state index is -1.05. The van der Waals surface area contributed by atoms with E-state index < -0.39 is 12.0 Å². The number of carbonyl (C=O) groups excluding carboxylic acids is 2. The maximum atomic E-state index is 12.0. The molecule has 2 aromatic rings. The van der Waals surface area contributed by atoms with Gasteiger partial charge in [-0.2, -0.15) is 5.10 Å². The topological polar surface area (TPSA) is 113 Å². The lowest BCUT2D eigenvalue weighted by atomic mass is 10.2. The summed E-state index contributed by atoms with van der Waals surface area (Å²) in [6, 6.07) is 6.16. The van der Waals surface area contributed by atoms with Gasteiger partial charge in [0.05, 0.1) is 17.6 Å². The molecule has 0 fully saturated rings. The lowest BCUT2D eigenvalue weighted by molar-refractivity contribution is -0.124. The molecule has 8 nitrogen and oxygen atoms in total. The van der Waals surface area contributed by atoms with E-state index >= 15 is 0 Å². The van der Waals surface area contributed by atoms with Crippen LogP contribution in [-0.4, -0.2) is 38.7 Å². The Balaban J connectivity index is 2.22. The van der Waals surface area contributed by atoms with Gasteiger partial charge in [0.25, 0.3) is 0 Å². The molecule has 0 radical (unpaired) electrons. The van der Waals surface area contributed by atoms with Crippen LogP contribution in [0.4, 0.5) is 5.69 Å². The molecule has 126 valence electrons. The molecule has 0 bridgehead atoms. The van der Waals surface area contributed by atoms with Crippen molar-refractivity contribution in [2.24, 2.45) is 0 Å². The Kier molecular flexibility index (Phi) is 4.98. The molecule has 2 amide bonds. The molecule has 8 heteroatoms. The summed E-state index contributed by atoms with van der Waals surface area (Å²) in [6.07, 6.45) is 1.28. The minimum Gasteiger partial charge on any atom is -0.478 e. The average molecular weight is 330 g/mol. The number of hydrogen-bond donors (Lipinski definition) is 3. The van der Waals surface area contributed by atoms with Gasteiger partial charge in [0.15, 0.2) is 0 Å². The number of nitrogens with zero attached hydrogens (tertiary/aromatic N) is 2. The van der Waals surface area contributed by atoms with Gasteiger partial charge < -0.3 is 15.7 Å². The minimum absolute atomic E-state index is 0.115. The first-order chi connectivity index (χ1) is 11.3. The van der Waals surface area contributed by atoms with E-state index in [1.54, 1.807) is 38.1 Å². The van der Waals surface area contributed by atoms with Gasteiger partial charge in [-0.25, -0.2) is 9.48 Å². The standard InChI is InChI=1S/C16H18N4O4/c1-9(18-11(3)21)15(22)19-12-5-4-6-13(7-12)20-10(2)14(8-17-20)16(23)24/h4-9H,1-3H3,(H,18,21)(H,19,22)(H,23,24). The monoisotopic (exact) mass is 330 g/mol. The van der Waals surface area contributed by atoms with Crippen LogP contribution in [0.15, 0.2) is 30.5 Å². The van der Waals surface area contributed by atoms with E-state index in [2.05, 4.69) is 15.7 Å². The van der Waals surface area contributed by atoms with Crippen LogP contribution in [0.1, 0.15) is 29.9 Å². The van der Waals surface area contributed by atoms with E-state index in [-0.39, 0.29) is 17.4 Å². The third-order valence-corrected chi connectivity index (χ3v) is 3.41. The van der Waals surface area contributed by atoms with E-state index in [0.717, 1.165) is 0 Å². The summed E-state index contributed by atoms with van der Waals surface area (Å²) in [5.41, 5.74) is 1.73. The molecule has 0 aliphatic rings. The molecule has 1 aromatic carbocycles. The molecule has 0 aliphatic heterocycles. The fourth-order valence-electron chi connectivity index (χ4n) is 2.22. The summed E-state index contributed by atoms with van der Waals surface area (Å²) >= 11 is 0. The SMILES string of the molecule is CC(=O)NC(C)C(=O)Nc1cccc(-n2ncc(C(=O)O)c2C)c1. The quantitative estimate of drug-likeness (QED) is 0.765. The van der Waals surface area contributed by atoms with Crippen LogP contribution in [0.5, 0.6) is 0 Å². The van der Waals surface area contributed by atoms with E-state index in [9.17, 15) is 14.4 Å². The molecule has 1 aromatic heterocycles. The smallest absolute Gasteiger partial charge is 0.339 e. The highest BCUT2D eigenvalue weighted by molar-refractivity contribution is 5.96. The zero-order chi connectivity index (χ0) is 17.9. The summed E-state index contributed by atoms with van der Waals surface area (Å²) in [5, 5.41) is 18.4. The predicted octanol–water partition coefficient (Wildman–Crippen LogP) is 1.34. The maximum Gasteiger partial charge on any atom is 0.339 e. The van der Waals surface area contributed by atoms with Crippen LogP contribution < -0.4 is 10.6 Å². The zero-order valence-corrected chi connectivity index (χ0v) is 13.5. The number of benzene rings is 1. The molecule has 0 aliphatic carbocycles. The third-order valence-electron chi connectivity index (χ3n) is 3.41. The van der Waals surface area contributed by atoms with Gasteiger partial charge in [-0.05, 0) is 32.0 Å². The van der Waals surface area contributed by atoms with E-state index in [1.807, 2.05) is 0 Å². The van der Waals surface area contributed by atoms with Crippen molar-refractivity contribution >= 4 is 23.5 Å². The second-order valence-electron chi connectivity index (χ2n) is 5.32. The highest BCUT2D eigenvalue weighted by Crippen LogP contribution is 2.18. The number of carboxylic acid groups (broad SMARTS) is 1. The second-order valence-corrected chi connectivity index (χ2v) is 5.32. The number of aromatic carboxylic acids is 1. The highest BCUT2D eigenvalue weighted by atomic mass is 16.4. The van der Waals surface area contributed by atoms with Crippen LogP contribution in [0.25, 0.3) is 5.69 Å². The first-order valence-corrected chi connectivity index (χ1v) is 7.26. The Bertz CT molecular complexity index is 797. The van der Waals surface area contributed by atoms with Crippen molar-refractivity contribution in [2.75, 3.05) is 5.32 Å². The summed E-state index contributed by atoms with van der Waals surface area (Å²) < 4.78 is 1.48. The van der Waals surface area contributed by atoms with Crippen LogP contribution in [-0.2, 0) is 9.59 Å². The largest absolute Gasteiger partial charge is 0.478 e. The summed E-state index contributed by atoms with van der Waals surface area (Å²) in [6.45, 7) is 4.57. The molecule has 0 spiro atoms. The Labute approximate surface area is 138 Å². The number of hydrogen-bond acceptors (Lipinski definition) is 4. The molecule has 0 saturated heterocycles. The molecule has 3 N–H and O–H groups in total. The Morgan fingerprint density at radius 1 is 1.29 bits per heavy atom. The zero-order valence-electron chi connectivity index (χ0n) is 13.5. The van der Waals surface area contributed by atoms with Crippen LogP contribution in [0.3, 0.4) is 0 Å². The van der Waals surface area contributed by atoms with Crippen LogP contribution >= 0.6 is 0 Å². The summed E-state index contributed by atoms with van der Waals surface area (Å²) in [4.78, 5) is 34.1. The van der Waals surface area contributed by atoms with Crippen molar-refractivity contribution in [2.45, 2.75) is 26.8 Å². The van der Waals surface area contributed by atoms with Gasteiger partial charge in [0.2, 0.25) is 11.8 Å². The molecule has 24 heavy (non-hydrogen) atoms. The molecular formula is C16H18N4O4. The van der Waals surface area contributed by atoms with Crippen molar-refractivity contribution in [1.82, 2.24) is 15.1 Å². The summed E-state index contributed by atoms with van der Waals surface area (Å²) in [7, 11) is 0. The number of carbonyl (C=O) groups is 3. The number of aromatic nitrogens is 2. The second kappa shape index (κ2) is 6.95. The van der Waals surface area contributed by atoms with Crippen LogP contribution in [0, 0.1) is 6.92 Å². The predicted molar refractivity (Wildman–Crippen MR) is 87.2 cm³/mol. The fourth-order valence-corrected chi connectivity index (χ4v) is 2.22. The fraction of sp³-hybridized carbons (Fsp3) is 0.250. The molecule has 2 rings (SSSR count). The highest BCUT2D eigenvalue weighted by Gasteiger charge is 2.16. The van der Waals surface area contributed by atoms with Gasteiger partial charge in [-0.1, -0.05) is 6.07 Å². The number of rotatable bonds is 5. The van der Waals surface area contributed by atoms with Gasteiger partial charge in [-0.3, -0.25) is 9.59 Å². The van der Waals surface area contributed by atoms with Crippen molar-refractivity contribution in [3.05, 3.63) is 41.7 Å². The van der Waals surface area contributed by atoms with E-state index in [4.69, 9.17) is 5.11 Å². The van der Waals surface area contributed by atoms with E-state index in [0.29, 0.717) is 17.1 Å². The average Bonchev–Trinajstić information content (AvgIpc) is 2.88. The normalized spacial score (nSPS) is 11.6. The van der Waals surface area contributed by atoms with Gasteiger partial charge in [-0.15, -0.1) is 0 Å². The van der Waals surface area contributed by atoms with Gasteiger partial charge in [0, 0.05) is 12.6 Å². The maximum absolute atomic E-state index is 12.0. The molecule has 0 saturated carbocycles. The van der Waals surface area contributed by atoms with Crippen molar-refractivity contribution in [1.29, 1.82) is 0 Å². The lowest BCUT2D eigenvalue weighted by Crippen LogP contribution is -2.40. The van der Waals surface area contributed by atoms with Crippen molar-refractivity contribution < 1.29 is 19.5 Å². The van der Waals surface area contributed by atoms with Gasteiger partial charge in [0.1, 0.15) is 11.6 Å². The molecule has 1 atom stereocenters. The number of nitrogens with one attached hydrogen (secondary N) is 2. The van der Waals surface area contributed by atoms with Crippen LogP contribution in [0.2, 0.25) is 0 Å². The first kappa shape index (κ1) is 17.2. The lowest BCUT2D eigenvalue weighted by Gasteiger charge is -2.13. The first-order valence-electron chi connectivity index (χ1n) is 7.26. The Morgan fingerprint density at radius 2 is 2.00 bits per heavy atom. The van der Waals surface area contributed by atoms with Crippen molar-refractivity contribution in [3.63, 3.8) is 0 Å². The Morgan fingerprint density at radius 3 is 2.58 bits per heavy atom. The van der Waals surface area contributed by atoms with Gasteiger partial charge >= 0.3 is 5.97 Å². The summed E-state index contributed by atoms with van der Waals surface area (Å²) in [5.74, 6) is -1.70. The number of anilines is 1. The molecule has 1 unspecified atom stereocenters. The Hall–Kier alpha value is -3.16. The number of carboxylic acids is 1. The van der Waals surface area contributed by atoms with Crippen molar-refractivity contribution in [3.8, 4) is 5.69 Å².